The van der Waals surface area contributed by atoms with Gasteiger partial charge in [-0.25, -0.2) is 8.42 Å². The molecule has 2 aromatic rings. The summed E-state index contributed by atoms with van der Waals surface area (Å²) in [5.74, 6) is 0.484. The van der Waals surface area contributed by atoms with E-state index in [9.17, 15) is 8.42 Å². The number of hydrogen-bond acceptors (Lipinski definition) is 5. The van der Waals surface area contributed by atoms with Gasteiger partial charge in [0, 0.05) is 19.3 Å². The van der Waals surface area contributed by atoms with E-state index in [2.05, 4.69) is 15.3 Å². The van der Waals surface area contributed by atoms with Gasteiger partial charge < -0.3 is 5.73 Å². The summed E-state index contributed by atoms with van der Waals surface area (Å²) in [6, 6.07) is 3.41. The van der Waals surface area contributed by atoms with Crippen LogP contribution in [0.4, 0.5) is 5.82 Å². The number of aromatic nitrogens is 4. The van der Waals surface area contributed by atoms with Gasteiger partial charge in [-0.05, 0) is 25.0 Å². The molecule has 0 bridgehead atoms. The molecule has 3 heterocycles. The monoisotopic (exact) mass is 296 g/mol. The minimum absolute atomic E-state index is 0.138. The zero-order valence-corrected chi connectivity index (χ0v) is 11.6. The van der Waals surface area contributed by atoms with Crippen LogP contribution in [0.3, 0.4) is 0 Å². The summed E-state index contributed by atoms with van der Waals surface area (Å²) >= 11 is 0. The molecule has 0 amide bonds. The SMILES string of the molecule is Nc1ccn(C2CCN(S(=O)(=O)c3ccn[nH]3)CC2)n1. The maximum absolute atomic E-state index is 12.3. The van der Waals surface area contributed by atoms with Crippen LogP contribution in [0.1, 0.15) is 18.9 Å². The molecule has 0 aromatic carbocycles. The van der Waals surface area contributed by atoms with Crippen LogP contribution in [0.25, 0.3) is 0 Å². The van der Waals surface area contributed by atoms with Crippen molar-refractivity contribution in [2.24, 2.45) is 0 Å². The summed E-state index contributed by atoms with van der Waals surface area (Å²) in [6.45, 7) is 0.928. The van der Waals surface area contributed by atoms with Crippen molar-refractivity contribution >= 4 is 15.8 Å². The average molecular weight is 296 g/mol. The van der Waals surface area contributed by atoms with E-state index < -0.39 is 10.0 Å². The molecule has 0 atom stereocenters. The van der Waals surface area contributed by atoms with Crippen molar-refractivity contribution in [3.8, 4) is 0 Å². The van der Waals surface area contributed by atoms with Crippen LogP contribution in [0, 0.1) is 0 Å². The van der Waals surface area contributed by atoms with Gasteiger partial charge in [0.1, 0.15) is 5.82 Å². The third-order valence-electron chi connectivity index (χ3n) is 3.52. The number of hydrogen-bond donors (Lipinski definition) is 2. The molecule has 1 saturated heterocycles. The molecule has 3 rings (SSSR count). The lowest BCUT2D eigenvalue weighted by Crippen LogP contribution is -2.39. The van der Waals surface area contributed by atoms with Gasteiger partial charge in [-0.3, -0.25) is 9.78 Å². The fourth-order valence-electron chi connectivity index (χ4n) is 2.43. The Hall–Kier alpha value is -1.87. The average Bonchev–Trinajstić information content (AvgIpc) is 3.10. The number of piperidine rings is 1. The highest BCUT2D eigenvalue weighted by atomic mass is 32.2. The molecular formula is C11H16N6O2S. The molecule has 0 unspecified atom stereocenters. The normalized spacial score (nSPS) is 18.4. The summed E-state index contributed by atoms with van der Waals surface area (Å²) in [5, 5.41) is 10.5. The van der Waals surface area contributed by atoms with E-state index in [1.807, 2.05) is 10.9 Å². The first-order chi connectivity index (χ1) is 9.57. The van der Waals surface area contributed by atoms with E-state index in [0.29, 0.717) is 31.7 Å². The standard InChI is InChI=1S/C11H16N6O2S/c12-10-4-8-17(15-10)9-2-6-16(7-3-9)20(18,19)11-1-5-13-14-11/h1,4-5,8-9H,2-3,6-7H2,(H2,12,15)(H,13,14). The van der Waals surface area contributed by atoms with Crippen LogP contribution >= 0.6 is 0 Å². The molecule has 0 saturated carbocycles. The summed E-state index contributed by atoms with van der Waals surface area (Å²) in [5.41, 5.74) is 5.60. The van der Waals surface area contributed by atoms with Crippen molar-refractivity contribution in [1.29, 1.82) is 0 Å². The van der Waals surface area contributed by atoms with E-state index >= 15 is 0 Å². The first-order valence-corrected chi connectivity index (χ1v) is 7.81. The van der Waals surface area contributed by atoms with Crippen LogP contribution < -0.4 is 5.73 Å². The molecule has 20 heavy (non-hydrogen) atoms. The number of aromatic amines is 1. The topological polar surface area (TPSA) is 110 Å². The number of nitrogens with one attached hydrogen (secondary N) is 1. The molecule has 1 fully saturated rings. The third-order valence-corrected chi connectivity index (χ3v) is 5.35. The van der Waals surface area contributed by atoms with Crippen molar-refractivity contribution in [1.82, 2.24) is 24.3 Å². The molecule has 9 heteroatoms. The molecule has 1 aliphatic heterocycles. The minimum atomic E-state index is -3.46. The summed E-state index contributed by atoms with van der Waals surface area (Å²) in [7, 11) is -3.46. The second kappa shape index (κ2) is 4.91. The number of H-pyrrole nitrogens is 1. The highest BCUT2D eigenvalue weighted by molar-refractivity contribution is 7.89. The van der Waals surface area contributed by atoms with Crippen LogP contribution in [0.5, 0.6) is 0 Å². The Bertz CT molecular complexity index is 670. The van der Waals surface area contributed by atoms with E-state index in [4.69, 9.17) is 5.73 Å². The number of nitrogen functional groups attached to an aromatic ring is 1. The van der Waals surface area contributed by atoms with Gasteiger partial charge >= 0.3 is 0 Å². The summed E-state index contributed by atoms with van der Waals surface area (Å²) < 4.78 is 27.9. The lowest BCUT2D eigenvalue weighted by atomic mass is 10.1. The first-order valence-electron chi connectivity index (χ1n) is 6.37. The Morgan fingerprint density at radius 1 is 1.30 bits per heavy atom. The molecule has 8 nitrogen and oxygen atoms in total. The maximum Gasteiger partial charge on any atom is 0.259 e. The first kappa shape index (κ1) is 13.1. The van der Waals surface area contributed by atoms with Gasteiger partial charge in [0.05, 0.1) is 12.2 Å². The molecule has 2 aromatic heterocycles. The number of sulfonamides is 1. The zero-order valence-electron chi connectivity index (χ0n) is 10.8. The van der Waals surface area contributed by atoms with Crippen molar-refractivity contribution in [2.45, 2.75) is 23.9 Å². The van der Waals surface area contributed by atoms with Crippen molar-refractivity contribution in [3.05, 3.63) is 24.5 Å². The Morgan fingerprint density at radius 2 is 2.05 bits per heavy atom. The molecule has 108 valence electrons. The molecule has 0 spiro atoms. The summed E-state index contributed by atoms with van der Waals surface area (Å²) in [6.07, 6.45) is 4.70. The largest absolute Gasteiger partial charge is 0.382 e. The second-order valence-corrected chi connectivity index (χ2v) is 6.68. The minimum Gasteiger partial charge on any atom is -0.382 e. The van der Waals surface area contributed by atoms with Crippen molar-refractivity contribution < 1.29 is 8.42 Å². The van der Waals surface area contributed by atoms with Crippen molar-refractivity contribution in [3.63, 3.8) is 0 Å². The molecule has 0 aliphatic carbocycles. The Labute approximate surface area is 116 Å². The van der Waals surface area contributed by atoms with Gasteiger partial charge in [0.25, 0.3) is 10.0 Å². The zero-order chi connectivity index (χ0) is 14.2. The van der Waals surface area contributed by atoms with Crippen LogP contribution in [0.15, 0.2) is 29.6 Å². The number of nitrogens with zero attached hydrogens (tertiary/aromatic N) is 4. The van der Waals surface area contributed by atoms with Crippen LogP contribution in [0.2, 0.25) is 0 Å². The predicted molar refractivity (Wildman–Crippen MR) is 72.3 cm³/mol. The summed E-state index contributed by atoms with van der Waals surface area (Å²) in [4.78, 5) is 0. The smallest absolute Gasteiger partial charge is 0.259 e. The molecule has 3 N–H and O–H groups in total. The second-order valence-electron chi connectivity index (χ2n) is 4.78. The van der Waals surface area contributed by atoms with E-state index in [-0.39, 0.29) is 11.1 Å². The molecular weight excluding hydrogens is 280 g/mol. The van der Waals surface area contributed by atoms with Gasteiger partial charge in [-0.2, -0.15) is 14.5 Å². The van der Waals surface area contributed by atoms with Gasteiger partial charge in [-0.1, -0.05) is 0 Å². The van der Waals surface area contributed by atoms with Gasteiger partial charge in [-0.15, -0.1) is 0 Å². The predicted octanol–water partition coefficient (Wildman–Crippen LogP) is 0.214. The van der Waals surface area contributed by atoms with E-state index in [1.54, 1.807) is 6.07 Å². The fourth-order valence-corrected chi connectivity index (χ4v) is 3.80. The number of anilines is 1. The number of rotatable bonds is 3. The van der Waals surface area contributed by atoms with Gasteiger partial charge in [0.2, 0.25) is 0 Å². The van der Waals surface area contributed by atoms with E-state index in [0.717, 1.165) is 0 Å². The lowest BCUT2D eigenvalue weighted by Gasteiger charge is -2.30. The fraction of sp³-hybridized carbons (Fsp3) is 0.455. The Balaban J connectivity index is 1.70. The third kappa shape index (κ3) is 2.29. The number of nitrogens with two attached hydrogens (primary N) is 1. The maximum atomic E-state index is 12.3. The molecule has 0 radical (unpaired) electrons. The van der Waals surface area contributed by atoms with Crippen LogP contribution in [-0.4, -0.2) is 45.8 Å². The van der Waals surface area contributed by atoms with Crippen LogP contribution in [-0.2, 0) is 10.0 Å². The highest BCUT2D eigenvalue weighted by Crippen LogP contribution is 2.25. The quantitative estimate of drug-likeness (QED) is 0.841. The Kier molecular flexibility index (Phi) is 3.22. The van der Waals surface area contributed by atoms with E-state index in [1.165, 1.54) is 16.6 Å². The van der Waals surface area contributed by atoms with Gasteiger partial charge in [0.15, 0.2) is 5.03 Å². The lowest BCUT2D eigenvalue weighted by molar-refractivity contribution is 0.261. The highest BCUT2D eigenvalue weighted by Gasteiger charge is 2.30. The van der Waals surface area contributed by atoms with Crippen molar-refractivity contribution in [2.75, 3.05) is 18.8 Å². The Morgan fingerprint density at radius 3 is 2.60 bits per heavy atom. The molecule has 1 aliphatic rings.